The number of nitrogens with zero attached hydrogens (tertiary/aromatic N) is 2. The zero-order valence-electron chi connectivity index (χ0n) is 19.7. The Kier molecular flexibility index (Phi) is 10.3. The fraction of sp³-hybridized carbons (Fsp3) is 0.333. The second kappa shape index (κ2) is 13.4. The van der Waals surface area contributed by atoms with Crippen molar-refractivity contribution in [3.05, 3.63) is 92.1 Å². The van der Waals surface area contributed by atoms with E-state index in [2.05, 4.69) is 35.0 Å². The minimum absolute atomic E-state index is 0.0225. The highest BCUT2D eigenvalue weighted by Gasteiger charge is 2.23. The molecule has 0 radical (unpaired) electrons. The summed E-state index contributed by atoms with van der Waals surface area (Å²) in [5.41, 5.74) is 1.62. The first kappa shape index (κ1) is 26.1. The summed E-state index contributed by atoms with van der Waals surface area (Å²) in [6, 6.07) is 21.4. The van der Waals surface area contributed by atoms with Crippen LogP contribution in [0, 0.1) is 6.92 Å². The molecule has 0 saturated carbocycles. The van der Waals surface area contributed by atoms with Crippen LogP contribution in [0.5, 0.6) is 0 Å². The SMILES string of the molecule is CCOCCCN(CC(=O)N(Cc1ccccc1)Cc1ccc(C)s1)C(=O)c1cccc(Br)c1. The molecule has 0 fully saturated rings. The van der Waals surface area contributed by atoms with Crippen molar-refractivity contribution in [1.29, 1.82) is 0 Å². The van der Waals surface area contributed by atoms with Crippen LogP contribution in [0.25, 0.3) is 0 Å². The van der Waals surface area contributed by atoms with E-state index >= 15 is 0 Å². The quantitative estimate of drug-likeness (QED) is 0.267. The Morgan fingerprint density at radius 1 is 0.971 bits per heavy atom. The molecule has 34 heavy (non-hydrogen) atoms. The number of amides is 2. The van der Waals surface area contributed by atoms with E-state index in [1.807, 2.05) is 54.3 Å². The maximum Gasteiger partial charge on any atom is 0.254 e. The van der Waals surface area contributed by atoms with Crippen LogP contribution in [0.3, 0.4) is 0 Å². The van der Waals surface area contributed by atoms with Gasteiger partial charge in [0.05, 0.1) is 6.54 Å². The van der Waals surface area contributed by atoms with Gasteiger partial charge in [-0.15, -0.1) is 11.3 Å². The van der Waals surface area contributed by atoms with Crippen molar-refractivity contribution in [1.82, 2.24) is 9.80 Å². The molecule has 0 spiro atoms. The summed E-state index contributed by atoms with van der Waals surface area (Å²) in [6.45, 7) is 6.68. The van der Waals surface area contributed by atoms with Crippen LogP contribution in [-0.4, -0.2) is 47.9 Å². The van der Waals surface area contributed by atoms with Crippen molar-refractivity contribution in [2.45, 2.75) is 33.4 Å². The Morgan fingerprint density at radius 3 is 2.44 bits per heavy atom. The third-order valence-electron chi connectivity index (χ3n) is 5.32. The van der Waals surface area contributed by atoms with Gasteiger partial charge in [-0.3, -0.25) is 9.59 Å². The maximum absolute atomic E-state index is 13.6. The predicted molar refractivity (Wildman–Crippen MR) is 141 cm³/mol. The molecular weight excluding hydrogens is 512 g/mol. The lowest BCUT2D eigenvalue weighted by Gasteiger charge is -2.28. The molecule has 0 aliphatic rings. The van der Waals surface area contributed by atoms with Gasteiger partial charge < -0.3 is 14.5 Å². The van der Waals surface area contributed by atoms with Gasteiger partial charge >= 0.3 is 0 Å². The van der Waals surface area contributed by atoms with Gasteiger partial charge in [0.15, 0.2) is 0 Å². The van der Waals surface area contributed by atoms with E-state index in [1.165, 1.54) is 4.88 Å². The summed E-state index contributed by atoms with van der Waals surface area (Å²) in [6.07, 6.45) is 0.670. The second-order valence-electron chi connectivity index (χ2n) is 8.04. The summed E-state index contributed by atoms with van der Waals surface area (Å²) < 4.78 is 6.29. The number of thiophene rings is 1. The fourth-order valence-electron chi connectivity index (χ4n) is 3.62. The lowest BCUT2D eigenvalue weighted by atomic mass is 10.2. The molecule has 5 nitrogen and oxygen atoms in total. The Bertz CT molecular complexity index is 1070. The zero-order chi connectivity index (χ0) is 24.3. The number of benzene rings is 2. The monoisotopic (exact) mass is 542 g/mol. The minimum Gasteiger partial charge on any atom is -0.382 e. The number of hydrogen-bond donors (Lipinski definition) is 0. The molecule has 7 heteroatoms. The largest absolute Gasteiger partial charge is 0.382 e. The number of carbonyl (C=O) groups is 2. The van der Waals surface area contributed by atoms with Crippen molar-refractivity contribution in [3.8, 4) is 0 Å². The highest BCUT2D eigenvalue weighted by molar-refractivity contribution is 9.10. The highest BCUT2D eigenvalue weighted by Crippen LogP contribution is 2.20. The third kappa shape index (κ3) is 8.08. The van der Waals surface area contributed by atoms with Gasteiger partial charge in [-0.05, 0) is 56.2 Å². The van der Waals surface area contributed by atoms with Crippen LogP contribution in [0.2, 0.25) is 0 Å². The number of rotatable bonds is 12. The van der Waals surface area contributed by atoms with Crippen LogP contribution < -0.4 is 0 Å². The molecule has 2 amide bonds. The van der Waals surface area contributed by atoms with Crippen molar-refractivity contribution in [2.75, 3.05) is 26.3 Å². The average molecular weight is 544 g/mol. The molecule has 3 aromatic rings. The molecule has 0 aliphatic carbocycles. The Morgan fingerprint density at radius 2 is 1.76 bits per heavy atom. The van der Waals surface area contributed by atoms with Gasteiger partial charge in [0.2, 0.25) is 5.91 Å². The molecule has 3 rings (SSSR count). The van der Waals surface area contributed by atoms with Crippen molar-refractivity contribution in [3.63, 3.8) is 0 Å². The van der Waals surface area contributed by atoms with E-state index in [0.717, 1.165) is 14.9 Å². The van der Waals surface area contributed by atoms with Gasteiger partial charge in [0, 0.05) is 46.1 Å². The zero-order valence-corrected chi connectivity index (χ0v) is 22.1. The van der Waals surface area contributed by atoms with Crippen LogP contribution in [0.4, 0.5) is 0 Å². The first-order valence-corrected chi connectivity index (χ1v) is 13.1. The second-order valence-corrected chi connectivity index (χ2v) is 10.3. The molecule has 2 aromatic carbocycles. The molecule has 1 heterocycles. The number of hydrogen-bond acceptors (Lipinski definition) is 4. The highest BCUT2D eigenvalue weighted by atomic mass is 79.9. The van der Waals surface area contributed by atoms with Gasteiger partial charge in [0.25, 0.3) is 5.91 Å². The lowest BCUT2D eigenvalue weighted by Crippen LogP contribution is -2.43. The number of aryl methyl sites for hydroxylation is 1. The normalized spacial score (nSPS) is 10.8. The molecule has 0 saturated heterocycles. The van der Waals surface area contributed by atoms with Crippen molar-refractivity contribution in [2.24, 2.45) is 0 Å². The minimum atomic E-state index is -0.155. The molecule has 1 aromatic heterocycles. The molecule has 0 atom stereocenters. The Labute approximate surface area is 214 Å². The van der Waals surface area contributed by atoms with E-state index in [9.17, 15) is 9.59 Å². The summed E-state index contributed by atoms with van der Waals surface area (Å²) in [5.74, 6) is -0.229. The van der Waals surface area contributed by atoms with Crippen LogP contribution in [0.1, 0.15) is 39.0 Å². The van der Waals surface area contributed by atoms with Crippen molar-refractivity contribution < 1.29 is 14.3 Å². The summed E-state index contributed by atoms with van der Waals surface area (Å²) in [5, 5.41) is 0. The van der Waals surface area contributed by atoms with Gasteiger partial charge in [-0.2, -0.15) is 0 Å². The molecule has 0 bridgehead atoms. The maximum atomic E-state index is 13.6. The lowest BCUT2D eigenvalue weighted by molar-refractivity contribution is -0.133. The van der Waals surface area contributed by atoms with Gasteiger partial charge in [-0.1, -0.05) is 52.3 Å². The van der Waals surface area contributed by atoms with Gasteiger partial charge in [0.1, 0.15) is 6.54 Å². The summed E-state index contributed by atoms with van der Waals surface area (Å²) in [4.78, 5) is 32.7. The van der Waals surface area contributed by atoms with Crippen molar-refractivity contribution >= 4 is 39.1 Å². The number of ether oxygens (including phenoxy) is 1. The van der Waals surface area contributed by atoms with E-state index < -0.39 is 0 Å². The number of halogens is 1. The smallest absolute Gasteiger partial charge is 0.254 e. The van der Waals surface area contributed by atoms with Gasteiger partial charge in [-0.25, -0.2) is 0 Å². The molecule has 180 valence electrons. The molecular formula is C27H31BrN2O3S. The summed E-state index contributed by atoms with van der Waals surface area (Å²) >= 11 is 5.13. The van der Waals surface area contributed by atoms with E-state index in [0.29, 0.717) is 44.8 Å². The third-order valence-corrected chi connectivity index (χ3v) is 6.80. The average Bonchev–Trinajstić information content (AvgIpc) is 3.25. The molecule has 0 N–H and O–H groups in total. The topological polar surface area (TPSA) is 49.9 Å². The first-order valence-electron chi connectivity index (χ1n) is 11.5. The first-order chi connectivity index (χ1) is 16.5. The predicted octanol–water partition coefficient (Wildman–Crippen LogP) is 5.92. The number of carbonyl (C=O) groups excluding carboxylic acids is 2. The molecule has 0 unspecified atom stereocenters. The van der Waals surface area contributed by atoms with Crippen LogP contribution in [-0.2, 0) is 22.6 Å². The Balaban J connectivity index is 1.79. The van der Waals surface area contributed by atoms with E-state index in [1.54, 1.807) is 28.4 Å². The van der Waals surface area contributed by atoms with E-state index in [4.69, 9.17) is 4.74 Å². The molecule has 0 aliphatic heterocycles. The van der Waals surface area contributed by atoms with Crippen LogP contribution >= 0.6 is 27.3 Å². The van der Waals surface area contributed by atoms with Crippen LogP contribution in [0.15, 0.2) is 71.2 Å². The Hall–Kier alpha value is -2.48. The standard InChI is InChI=1S/C27H31BrN2O3S/c1-3-33-16-8-15-29(27(32)23-11-7-12-24(28)17-23)20-26(31)30(18-22-9-5-4-6-10-22)19-25-14-13-21(2)34-25/h4-7,9-14,17H,3,8,15-16,18-20H2,1-2H3. The fourth-order valence-corrected chi connectivity index (χ4v) is 4.92. The summed E-state index contributed by atoms with van der Waals surface area (Å²) in [7, 11) is 0. The van der Waals surface area contributed by atoms with E-state index in [-0.39, 0.29) is 18.4 Å².